The quantitative estimate of drug-likeness (QED) is 0.742. The monoisotopic (exact) mass is 289 g/mol. The normalized spacial score (nSPS) is 23.0. The molecule has 9 heteroatoms. The maximum atomic E-state index is 11.8. The molecule has 106 valence electrons. The van der Waals surface area contributed by atoms with Crippen LogP contribution >= 0.6 is 0 Å². The van der Waals surface area contributed by atoms with Crippen molar-refractivity contribution >= 4 is 15.7 Å². The Labute approximate surface area is 103 Å². The van der Waals surface area contributed by atoms with Gasteiger partial charge in [0, 0.05) is 13.1 Å². The molecule has 0 radical (unpaired) electrons. The van der Waals surface area contributed by atoms with Crippen molar-refractivity contribution in [2.45, 2.75) is 18.6 Å². The van der Waals surface area contributed by atoms with Crippen molar-refractivity contribution < 1.29 is 31.1 Å². The summed E-state index contributed by atoms with van der Waals surface area (Å²) in [7, 11) is -1.77. The van der Waals surface area contributed by atoms with Gasteiger partial charge in [0.2, 0.25) is 5.91 Å². The molecule has 0 spiro atoms. The fourth-order valence-electron chi connectivity index (χ4n) is 1.64. The Kier molecular flexibility index (Phi) is 4.60. The smallest absolute Gasteiger partial charge is 0.362 e. The third-order valence-corrected chi connectivity index (χ3v) is 4.39. The summed E-state index contributed by atoms with van der Waals surface area (Å²) < 4.78 is 62.0. The predicted octanol–water partition coefficient (Wildman–Crippen LogP) is 0.211. The number of hydrogen-bond acceptors (Lipinski definition) is 4. The molecule has 0 bridgehead atoms. The van der Waals surface area contributed by atoms with Crippen LogP contribution in [-0.4, -0.2) is 63.2 Å². The summed E-state index contributed by atoms with van der Waals surface area (Å²) in [5.41, 5.74) is 0. The number of likely N-dealkylation sites (N-methyl/N-ethyl adjacent to an activating group) is 1. The van der Waals surface area contributed by atoms with Gasteiger partial charge in [-0.2, -0.15) is 13.2 Å². The molecule has 1 atom stereocenters. The van der Waals surface area contributed by atoms with E-state index < -0.39 is 41.2 Å². The lowest BCUT2D eigenvalue weighted by Gasteiger charge is -2.23. The molecular weight excluding hydrogens is 275 g/mol. The summed E-state index contributed by atoms with van der Waals surface area (Å²) in [4.78, 5) is 12.6. The van der Waals surface area contributed by atoms with Gasteiger partial charge in [-0.15, -0.1) is 0 Å². The third-order valence-electron chi connectivity index (χ3n) is 2.64. The highest BCUT2D eigenvalue weighted by Gasteiger charge is 2.33. The van der Waals surface area contributed by atoms with Gasteiger partial charge < -0.3 is 9.64 Å². The van der Waals surface area contributed by atoms with Crippen molar-refractivity contribution in [2.75, 3.05) is 31.8 Å². The van der Waals surface area contributed by atoms with E-state index >= 15 is 0 Å². The minimum atomic E-state index is -4.48. The molecule has 0 N–H and O–H groups in total. The van der Waals surface area contributed by atoms with Crippen molar-refractivity contribution in [3.8, 4) is 0 Å². The van der Waals surface area contributed by atoms with Gasteiger partial charge in [-0.25, -0.2) is 8.42 Å². The van der Waals surface area contributed by atoms with Crippen LogP contribution < -0.4 is 0 Å². The molecular formula is C9H14F3NO4S. The standard InChI is InChI=1S/C9H14F3NO4S/c1-13(7-2-3-18(15,16)5-7)8(14)4-17-6-9(10,11)12/h7H,2-6H2,1H3. The van der Waals surface area contributed by atoms with Crippen LogP contribution in [0.15, 0.2) is 0 Å². The fourth-order valence-corrected chi connectivity index (χ4v) is 3.41. The van der Waals surface area contributed by atoms with Gasteiger partial charge in [-0.3, -0.25) is 4.79 Å². The lowest BCUT2D eigenvalue weighted by molar-refractivity contribution is -0.177. The van der Waals surface area contributed by atoms with E-state index in [4.69, 9.17) is 0 Å². The van der Waals surface area contributed by atoms with Gasteiger partial charge in [-0.05, 0) is 6.42 Å². The third kappa shape index (κ3) is 4.81. The van der Waals surface area contributed by atoms with Crippen LogP contribution in [0.25, 0.3) is 0 Å². The van der Waals surface area contributed by atoms with Gasteiger partial charge in [0.1, 0.15) is 13.2 Å². The summed E-state index contributed by atoms with van der Waals surface area (Å²) in [5, 5.41) is 0. The van der Waals surface area contributed by atoms with E-state index in [0.717, 1.165) is 4.90 Å². The van der Waals surface area contributed by atoms with Crippen molar-refractivity contribution in [2.24, 2.45) is 0 Å². The van der Waals surface area contributed by atoms with E-state index in [9.17, 15) is 26.4 Å². The van der Waals surface area contributed by atoms with E-state index in [1.165, 1.54) is 7.05 Å². The minimum Gasteiger partial charge on any atom is -0.362 e. The van der Waals surface area contributed by atoms with Crippen LogP contribution in [-0.2, 0) is 19.4 Å². The van der Waals surface area contributed by atoms with Crippen LogP contribution in [0.4, 0.5) is 13.2 Å². The fraction of sp³-hybridized carbons (Fsp3) is 0.889. The van der Waals surface area contributed by atoms with Gasteiger partial charge >= 0.3 is 6.18 Å². The Morgan fingerprint density at radius 1 is 1.44 bits per heavy atom. The molecule has 1 heterocycles. The van der Waals surface area contributed by atoms with Crippen molar-refractivity contribution in [3.05, 3.63) is 0 Å². The molecule has 1 aliphatic rings. The maximum Gasteiger partial charge on any atom is 0.411 e. The number of halogens is 3. The number of rotatable bonds is 4. The zero-order chi connectivity index (χ0) is 14.0. The summed E-state index contributed by atoms with van der Waals surface area (Å²) in [6, 6.07) is -0.475. The molecule has 0 aromatic carbocycles. The highest BCUT2D eigenvalue weighted by Crippen LogP contribution is 2.17. The van der Waals surface area contributed by atoms with Crippen LogP contribution in [0.5, 0.6) is 0 Å². The van der Waals surface area contributed by atoms with Crippen LogP contribution in [0.1, 0.15) is 6.42 Å². The number of sulfone groups is 1. The lowest BCUT2D eigenvalue weighted by Crippen LogP contribution is -2.40. The molecule has 5 nitrogen and oxygen atoms in total. The number of alkyl halides is 3. The average Bonchev–Trinajstić information content (AvgIpc) is 2.55. The largest absolute Gasteiger partial charge is 0.411 e. The van der Waals surface area contributed by atoms with E-state index in [2.05, 4.69) is 4.74 Å². The van der Waals surface area contributed by atoms with Crippen LogP contribution in [0, 0.1) is 0 Å². The molecule has 0 aliphatic carbocycles. The SMILES string of the molecule is CN(C(=O)COCC(F)(F)F)C1CCS(=O)(=O)C1. The molecule has 1 fully saturated rings. The Balaban J connectivity index is 2.38. The zero-order valence-corrected chi connectivity index (χ0v) is 10.6. The molecule has 18 heavy (non-hydrogen) atoms. The molecule has 1 unspecified atom stereocenters. The first-order chi connectivity index (χ1) is 8.11. The number of amides is 1. The number of carbonyl (C=O) groups is 1. The Morgan fingerprint density at radius 3 is 2.50 bits per heavy atom. The van der Waals surface area contributed by atoms with Crippen molar-refractivity contribution in [1.82, 2.24) is 4.90 Å². The summed E-state index contributed by atoms with van der Waals surface area (Å²) >= 11 is 0. The second kappa shape index (κ2) is 5.43. The summed E-state index contributed by atoms with van der Waals surface area (Å²) in [5.74, 6) is -0.797. The van der Waals surface area contributed by atoms with Gasteiger partial charge in [-0.1, -0.05) is 0 Å². The highest BCUT2D eigenvalue weighted by molar-refractivity contribution is 7.91. The van der Waals surface area contributed by atoms with E-state index in [0.29, 0.717) is 6.42 Å². The molecule has 0 saturated carbocycles. The van der Waals surface area contributed by atoms with Crippen LogP contribution in [0.3, 0.4) is 0 Å². The summed E-state index contributed by atoms with van der Waals surface area (Å²) in [6.45, 7) is -2.19. The van der Waals surface area contributed by atoms with E-state index in [1.54, 1.807) is 0 Å². The molecule has 0 aromatic rings. The van der Waals surface area contributed by atoms with Crippen molar-refractivity contribution in [3.63, 3.8) is 0 Å². The van der Waals surface area contributed by atoms with Gasteiger partial charge in [0.25, 0.3) is 0 Å². The summed E-state index contributed by atoms with van der Waals surface area (Å²) in [6.07, 6.45) is -4.17. The highest BCUT2D eigenvalue weighted by atomic mass is 32.2. The molecule has 1 aliphatic heterocycles. The first-order valence-electron chi connectivity index (χ1n) is 5.21. The Morgan fingerprint density at radius 2 is 2.06 bits per heavy atom. The zero-order valence-electron chi connectivity index (χ0n) is 9.74. The Bertz CT molecular complexity index is 407. The van der Waals surface area contributed by atoms with Crippen molar-refractivity contribution in [1.29, 1.82) is 0 Å². The second-order valence-corrected chi connectivity index (χ2v) is 6.40. The number of hydrogen-bond donors (Lipinski definition) is 0. The second-order valence-electron chi connectivity index (χ2n) is 4.17. The average molecular weight is 289 g/mol. The molecule has 1 saturated heterocycles. The maximum absolute atomic E-state index is 11.8. The van der Waals surface area contributed by atoms with Gasteiger partial charge in [0.05, 0.1) is 11.5 Å². The number of nitrogens with zero attached hydrogens (tertiary/aromatic N) is 1. The van der Waals surface area contributed by atoms with E-state index in [1.807, 2.05) is 0 Å². The molecule has 1 rings (SSSR count). The topological polar surface area (TPSA) is 63.7 Å². The lowest BCUT2D eigenvalue weighted by atomic mass is 10.2. The first kappa shape index (κ1) is 15.2. The van der Waals surface area contributed by atoms with Gasteiger partial charge in [0.15, 0.2) is 9.84 Å². The Hall–Kier alpha value is -0.830. The minimum absolute atomic E-state index is 0.00129. The first-order valence-corrected chi connectivity index (χ1v) is 7.03. The molecule has 0 aromatic heterocycles. The van der Waals surface area contributed by atoms with E-state index in [-0.39, 0.29) is 11.5 Å². The molecule has 1 amide bonds. The number of carbonyl (C=O) groups excluding carboxylic acids is 1. The predicted molar refractivity (Wildman–Crippen MR) is 56.7 cm³/mol. The van der Waals surface area contributed by atoms with Crippen LogP contribution in [0.2, 0.25) is 0 Å². The number of ether oxygens (including phenoxy) is 1.